The van der Waals surface area contributed by atoms with Crippen LogP contribution < -0.4 is 5.30 Å². The number of H-pyrrole nitrogens is 1. The van der Waals surface area contributed by atoms with E-state index in [0.717, 1.165) is 40.0 Å². The molecular formula is C58H54F6N11OsP-2. The van der Waals surface area contributed by atoms with E-state index in [-0.39, 0.29) is 57.8 Å². The Morgan fingerprint density at radius 1 is 0.494 bits per heavy atom. The maximum Gasteiger partial charge on any atom is 0.432 e. The van der Waals surface area contributed by atoms with E-state index >= 15 is 0 Å². The minimum atomic E-state index is -4.84. The summed E-state index contributed by atoms with van der Waals surface area (Å²) in [5.41, 5.74) is 21.4. The van der Waals surface area contributed by atoms with E-state index in [0.29, 0.717) is 45.7 Å². The van der Waals surface area contributed by atoms with E-state index in [9.17, 15) is 26.3 Å². The Kier molecular flexibility index (Phi) is 22.1. The Labute approximate surface area is 458 Å². The fraction of sp³-hybridized carbons (Fsp3) is 0.121. The number of alkyl halides is 6. The number of hydrogen-bond acceptors (Lipinski definition) is 8. The van der Waals surface area contributed by atoms with Crippen LogP contribution in [0.1, 0.15) is 36.6 Å². The Bertz CT molecular complexity index is 3420. The Morgan fingerprint density at radius 3 is 1.27 bits per heavy atom. The molecule has 0 saturated carbocycles. The third-order valence-corrected chi connectivity index (χ3v) is 12.3. The van der Waals surface area contributed by atoms with Crippen molar-refractivity contribution in [1.82, 2.24) is 30.1 Å². The third kappa shape index (κ3) is 17.2. The number of aromatic nitrogens is 6. The van der Waals surface area contributed by atoms with Gasteiger partial charge in [0.2, 0.25) is 0 Å². The molecule has 0 spiro atoms. The van der Waals surface area contributed by atoms with E-state index < -0.39 is 29.5 Å². The summed E-state index contributed by atoms with van der Waals surface area (Å²) in [4.78, 5) is 18.2. The van der Waals surface area contributed by atoms with Gasteiger partial charge in [-0.1, -0.05) is 97.1 Å². The minimum absolute atomic E-state index is 0. The maximum absolute atomic E-state index is 12.8. The van der Waals surface area contributed by atoms with Gasteiger partial charge in [0, 0.05) is 72.8 Å². The molecule has 5 aromatic heterocycles. The van der Waals surface area contributed by atoms with Crippen LogP contribution in [0.2, 0.25) is 0 Å². The van der Waals surface area contributed by atoms with Crippen LogP contribution in [0.15, 0.2) is 176 Å². The monoisotopic (exact) mass is 1240 g/mol. The van der Waals surface area contributed by atoms with Crippen molar-refractivity contribution in [2.75, 3.05) is 13.3 Å². The molecule has 0 aliphatic heterocycles. The zero-order chi connectivity index (χ0) is 54.5. The molecule has 5 heterocycles. The fourth-order valence-electron chi connectivity index (χ4n) is 7.14. The SMILES string of the molecule is C/C(=C\C(=N)C(F)(F)F)c1cccc(-c2ccccc2-c2cccc(-c3cc(C)[nH]n3)n2)n1.CC(=N)/C=C(\[NH-])c1cccc(-c2ccccc2-c2cccc(/C([NH-])=C/C(=N)C(F)(F)F)n2)n1.C[PH+](C)c1ccccc1.[CH3-].[Os]. The van der Waals surface area contributed by atoms with Gasteiger partial charge >= 0.3 is 12.4 Å². The first-order chi connectivity index (χ1) is 35.6. The van der Waals surface area contributed by atoms with Crippen LogP contribution in [0.3, 0.4) is 0 Å². The Balaban J connectivity index is 0.000000279. The summed E-state index contributed by atoms with van der Waals surface area (Å²) in [6.45, 7) is 9.60. The molecule has 0 radical (unpaired) electrons. The molecule has 0 amide bonds. The number of rotatable bonds is 12. The average Bonchev–Trinajstić information content (AvgIpc) is 3.84. The van der Waals surface area contributed by atoms with E-state index in [4.69, 9.17) is 32.7 Å². The van der Waals surface area contributed by atoms with Crippen LogP contribution in [0, 0.1) is 30.6 Å². The molecule has 8 aromatic rings. The van der Waals surface area contributed by atoms with Gasteiger partial charge in [-0.25, -0.2) is 19.9 Å². The molecule has 19 heteroatoms. The number of nitrogens with zero attached hydrogens (tertiary/aromatic N) is 5. The second-order valence-corrected chi connectivity index (χ2v) is 19.6. The molecule has 8 rings (SSSR count). The molecule has 0 aliphatic carbocycles. The van der Waals surface area contributed by atoms with Crippen molar-refractivity contribution >= 4 is 47.3 Å². The number of halogens is 6. The van der Waals surface area contributed by atoms with Crippen molar-refractivity contribution in [1.29, 1.82) is 16.2 Å². The number of nitrogens with one attached hydrogen (secondary N) is 6. The summed E-state index contributed by atoms with van der Waals surface area (Å²) < 4.78 is 76.3. The summed E-state index contributed by atoms with van der Waals surface area (Å²) in [5, 5.41) is 30.6. The van der Waals surface area contributed by atoms with Gasteiger partial charge in [0.25, 0.3) is 0 Å². The minimum Gasteiger partial charge on any atom is -0.697 e. The summed E-state index contributed by atoms with van der Waals surface area (Å²) >= 11 is 0. The standard InChI is InChI=1S/C25H20F3N5.C24H19F3N6.C8H11P.CH3.Os/c1-15(13-24(29)25(26,27)28)19-9-5-10-20(30-19)17-7-3-4-8-18(17)21-11-6-12-22(31-21)23-14-16(2)32-33-23;1-14(28)12-17(29)21-10-4-8-19(32-21)15-6-2-3-7-16(15)20-9-5-11-22(33-20)18(30)13-23(31)24(25,26)27;1-9(2)8-6-4-3-5-7-8;;/h3-14,29H,1-2H3,(H,32,33);2-13,28-31H,1H3;3-7H,1-2H3;1H3;/q;-2;;-1;/p+1/b15-13+,29-24?;17-12-,18-13-,28-14?,31-23?;;;. The van der Waals surface area contributed by atoms with Gasteiger partial charge in [-0.15, -0.1) is 11.4 Å². The van der Waals surface area contributed by atoms with Gasteiger partial charge < -0.3 is 24.3 Å². The molecule has 398 valence electrons. The van der Waals surface area contributed by atoms with Crippen LogP contribution in [0.5, 0.6) is 0 Å². The van der Waals surface area contributed by atoms with Crippen molar-refractivity contribution in [2.24, 2.45) is 0 Å². The van der Waals surface area contributed by atoms with Crippen LogP contribution in [-0.2, 0) is 19.8 Å². The fourth-order valence-corrected chi connectivity index (χ4v) is 8.00. The number of allylic oxidation sites excluding steroid dienone is 4. The van der Waals surface area contributed by atoms with Gasteiger partial charge in [-0.05, 0) is 105 Å². The first kappa shape index (κ1) is 61.5. The summed E-state index contributed by atoms with van der Waals surface area (Å²) in [6, 6.07) is 48.0. The molecule has 0 fully saturated rings. The van der Waals surface area contributed by atoms with Crippen molar-refractivity contribution in [3.63, 3.8) is 0 Å². The van der Waals surface area contributed by atoms with Crippen LogP contribution >= 0.6 is 7.92 Å². The molecule has 11 nitrogen and oxygen atoms in total. The summed E-state index contributed by atoms with van der Waals surface area (Å²) in [7, 11) is -0.212. The molecule has 0 atom stereocenters. The summed E-state index contributed by atoms with van der Waals surface area (Å²) in [6.07, 6.45) is -6.93. The molecule has 0 bridgehead atoms. The first-order valence-corrected chi connectivity index (χ1v) is 25.5. The first-order valence-electron chi connectivity index (χ1n) is 23.0. The van der Waals surface area contributed by atoms with E-state index in [1.807, 2.05) is 61.5 Å². The molecular weight excluding hydrogens is 1190 g/mol. The van der Waals surface area contributed by atoms with E-state index in [1.54, 1.807) is 73.7 Å². The normalized spacial score (nSPS) is 11.7. The quantitative estimate of drug-likeness (QED) is 0.0407. The number of benzene rings is 3. The molecule has 6 N–H and O–H groups in total. The third-order valence-electron chi connectivity index (χ3n) is 10.9. The van der Waals surface area contributed by atoms with Gasteiger partial charge in [-0.2, -0.15) is 31.4 Å². The predicted octanol–water partition coefficient (Wildman–Crippen LogP) is 15.9. The van der Waals surface area contributed by atoms with Crippen molar-refractivity contribution < 1.29 is 46.1 Å². The van der Waals surface area contributed by atoms with Crippen LogP contribution in [0.4, 0.5) is 26.3 Å². The van der Waals surface area contributed by atoms with Crippen molar-refractivity contribution in [3.05, 3.63) is 218 Å². The van der Waals surface area contributed by atoms with Crippen LogP contribution in [-0.4, -0.2) is 73.0 Å². The Morgan fingerprint density at radius 2 is 0.870 bits per heavy atom. The topological polar surface area (TPSA) is 199 Å². The number of pyridine rings is 4. The smallest absolute Gasteiger partial charge is 0.432 e. The van der Waals surface area contributed by atoms with Crippen LogP contribution in [0.25, 0.3) is 84.9 Å². The van der Waals surface area contributed by atoms with Gasteiger partial charge in [-0.3, -0.25) is 15.9 Å². The van der Waals surface area contributed by atoms with Gasteiger partial charge in [0.15, 0.2) is 0 Å². The van der Waals surface area contributed by atoms with E-state index in [2.05, 4.69) is 68.8 Å². The van der Waals surface area contributed by atoms with E-state index in [1.165, 1.54) is 24.4 Å². The number of aromatic amines is 1. The predicted molar refractivity (Wildman–Crippen MR) is 300 cm³/mol. The zero-order valence-corrected chi connectivity index (χ0v) is 46.1. The summed E-state index contributed by atoms with van der Waals surface area (Å²) in [5.74, 6) is 0. The van der Waals surface area contributed by atoms with Gasteiger partial charge in [0.05, 0.1) is 52.8 Å². The van der Waals surface area contributed by atoms with Crippen molar-refractivity contribution in [2.45, 2.75) is 33.1 Å². The largest absolute Gasteiger partial charge is 0.697 e. The second kappa shape index (κ2) is 27.6. The molecule has 0 unspecified atom stereocenters. The average molecular weight is 1240 g/mol. The molecule has 3 aromatic carbocycles. The molecule has 77 heavy (non-hydrogen) atoms. The molecule has 0 saturated heterocycles. The zero-order valence-electron chi connectivity index (χ0n) is 42.6. The Hall–Kier alpha value is -8.05. The van der Waals surface area contributed by atoms with Gasteiger partial charge in [0.1, 0.15) is 17.1 Å². The molecule has 0 aliphatic rings. The maximum atomic E-state index is 12.8. The number of hydrogen-bond donors (Lipinski definition) is 4. The second-order valence-electron chi connectivity index (χ2n) is 17.0. The number of aryl methyl sites for hydroxylation is 1. The van der Waals surface area contributed by atoms with Crippen molar-refractivity contribution in [3.8, 4) is 56.4 Å².